The van der Waals surface area contributed by atoms with E-state index in [2.05, 4.69) is 84.6 Å². The highest BCUT2D eigenvalue weighted by atomic mass is 32.1. The molecule has 1 nitrogen and oxygen atoms in total. The van der Waals surface area contributed by atoms with Gasteiger partial charge >= 0.3 is 0 Å². The SMILES string of the molecule is Cc1cc2cc(-c3nccc4c(C)c([Si](C)(C)C)sc34)cc(C(C)C)c2cc1C. The van der Waals surface area contributed by atoms with Crippen molar-refractivity contribution in [1.29, 1.82) is 0 Å². The van der Waals surface area contributed by atoms with Crippen molar-refractivity contribution in [1.82, 2.24) is 4.98 Å². The minimum atomic E-state index is -1.38. The van der Waals surface area contributed by atoms with Crippen molar-refractivity contribution in [3.63, 3.8) is 0 Å². The fraction of sp³-hybridized carbons (Fsp3) is 0.346. The molecule has 2 aromatic heterocycles. The first kappa shape index (κ1) is 20.3. The monoisotopic (exact) mass is 417 g/mol. The Labute approximate surface area is 179 Å². The molecule has 0 aliphatic heterocycles. The average Bonchev–Trinajstić information content (AvgIpc) is 2.99. The summed E-state index contributed by atoms with van der Waals surface area (Å²) >= 11 is 1.98. The molecule has 0 radical (unpaired) electrons. The van der Waals surface area contributed by atoms with Crippen LogP contribution in [0.4, 0.5) is 0 Å². The van der Waals surface area contributed by atoms with Crippen LogP contribution in [0.3, 0.4) is 0 Å². The van der Waals surface area contributed by atoms with Gasteiger partial charge in [-0.2, -0.15) is 0 Å². The molecule has 29 heavy (non-hydrogen) atoms. The third-order valence-electron chi connectivity index (χ3n) is 6.03. The van der Waals surface area contributed by atoms with Gasteiger partial charge in [-0.05, 0) is 87.8 Å². The Hall–Kier alpha value is -1.97. The van der Waals surface area contributed by atoms with Crippen LogP contribution in [0, 0.1) is 20.8 Å². The van der Waals surface area contributed by atoms with E-state index in [0.29, 0.717) is 5.92 Å². The Balaban J connectivity index is 2.05. The fourth-order valence-electron chi connectivity index (χ4n) is 4.35. The molecular formula is C26H31NSSi. The molecule has 0 amide bonds. The normalized spacial score (nSPS) is 12.4. The van der Waals surface area contributed by atoms with Gasteiger partial charge in [0.1, 0.15) is 0 Å². The minimum Gasteiger partial charge on any atom is -0.255 e. The van der Waals surface area contributed by atoms with Gasteiger partial charge in [0.2, 0.25) is 0 Å². The van der Waals surface area contributed by atoms with E-state index in [9.17, 15) is 0 Å². The summed E-state index contributed by atoms with van der Waals surface area (Å²) in [6, 6.07) is 11.6. The predicted octanol–water partition coefficient (Wildman–Crippen LogP) is 7.71. The summed E-state index contributed by atoms with van der Waals surface area (Å²) in [5.41, 5.74) is 7.98. The molecule has 0 spiro atoms. The zero-order chi connectivity index (χ0) is 21.1. The van der Waals surface area contributed by atoms with E-state index in [-0.39, 0.29) is 0 Å². The van der Waals surface area contributed by atoms with Crippen molar-refractivity contribution in [3.8, 4) is 11.3 Å². The smallest absolute Gasteiger partial charge is 0.0908 e. The van der Waals surface area contributed by atoms with Crippen LogP contribution in [0.1, 0.15) is 42.0 Å². The highest BCUT2D eigenvalue weighted by molar-refractivity contribution is 7.32. The second-order valence-electron chi connectivity index (χ2n) is 9.72. The Kier molecular flexibility index (Phi) is 4.95. The standard InChI is InChI=1S/C26H31NSSi/c1-15(2)22-14-20(13-19-11-16(3)17(4)12-23(19)22)24-25-21(9-10-27-24)18(5)26(28-25)29(6,7)8/h9-15H,1-8H3. The summed E-state index contributed by atoms with van der Waals surface area (Å²) in [4.78, 5) is 4.89. The Morgan fingerprint density at radius 1 is 0.897 bits per heavy atom. The number of benzene rings is 2. The lowest BCUT2D eigenvalue weighted by Gasteiger charge is -2.15. The first-order valence-corrected chi connectivity index (χ1v) is 14.8. The summed E-state index contributed by atoms with van der Waals surface area (Å²) in [6.45, 7) is 18.6. The van der Waals surface area contributed by atoms with Crippen LogP contribution < -0.4 is 4.50 Å². The Bertz CT molecular complexity index is 1240. The summed E-state index contributed by atoms with van der Waals surface area (Å²) < 4.78 is 2.94. The van der Waals surface area contributed by atoms with Gasteiger partial charge in [0, 0.05) is 11.8 Å². The zero-order valence-electron chi connectivity index (χ0n) is 18.9. The fourth-order valence-corrected chi connectivity index (χ4v) is 8.20. The number of pyridine rings is 1. The molecule has 3 heteroatoms. The Morgan fingerprint density at radius 2 is 1.59 bits per heavy atom. The molecule has 0 atom stereocenters. The van der Waals surface area contributed by atoms with Crippen LogP contribution in [0.5, 0.6) is 0 Å². The maximum absolute atomic E-state index is 4.89. The lowest BCUT2D eigenvalue weighted by Crippen LogP contribution is -2.36. The highest BCUT2D eigenvalue weighted by Crippen LogP contribution is 2.37. The second kappa shape index (κ2) is 7.07. The summed E-state index contributed by atoms with van der Waals surface area (Å²) in [5.74, 6) is 0.473. The quantitative estimate of drug-likeness (QED) is 0.311. The number of hydrogen-bond acceptors (Lipinski definition) is 2. The Morgan fingerprint density at radius 3 is 2.24 bits per heavy atom. The molecule has 4 rings (SSSR count). The van der Waals surface area contributed by atoms with Crippen LogP contribution in [0.25, 0.3) is 32.1 Å². The number of aryl methyl sites for hydroxylation is 3. The molecule has 0 unspecified atom stereocenters. The van der Waals surface area contributed by atoms with E-state index in [4.69, 9.17) is 4.98 Å². The van der Waals surface area contributed by atoms with Crippen LogP contribution >= 0.6 is 11.3 Å². The van der Waals surface area contributed by atoms with Crippen molar-refractivity contribution >= 4 is 44.8 Å². The number of thiophene rings is 1. The molecule has 0 bridgehead atoms. The lowest BCUT2D eigenvalue weighted by atomic mass is 9.90. The second-order valence-corrected chi connectivity index (χ2v) is 16.1. The van der Waals surface area contributed by atoms with Crippen LogP contribution in [0.2, 0.25) is 19.6 Å². The van der Waals surface area contributed by atoms with E-state index in [1.807, 2.05) is 17.5 Å². The molecule has 0 N–H and O–H groups in total. The summed E-state index contributed by atoms with van der Waals surface area (Å²) in [7, 11) is -1.38. The first-order valence-electron chi connectivity index (χ1n) is 10.5. The van der Waals surface area contributed by atoms with E-state index in [1.54, 1.807) is 4.50 Å². The molecule has 0 fully saturated rings. The number of hydrogen-bond donors (Lipinski definition) is 0. The van der Waals surface area contributed by atoms with Gasteiger partial charge in [0.25, 0.3) is 0 Å². The molecule has 0 aliphatic carbocycles. The van der Waals surface area contributed by atoms with Crippen molar-refractivity contribution < 1.29 is 0 Å². The molecule has 4 aromatic rings. The topological polar surface area (TPSA) is 12.9 Å². The lowest BCUT2D eigenvalue weighted by molar-refractivity contribution is 0.876. The number of nitrogens with zero attached hydrogens (tertiary/aromatic N) is 1. The van der Waals surface area contributed by atoms with E-state index >= 15 is 0 Å². The number of aromatic nitrogens is 1. The maximum Gasteiger partial charge on any atom is 0.0908 e. The van der Waals surface area contributed by atoms with Crippen molar-refractivity contribution in [2.75, 3.05) is 0 Å². The van der Waals surface area contributed by atoms with Gasteiger partial charge in [-0.1, -0.05) is 45.6 Å². The van der Waals surface area contributed by atoms with Crippen molar-refractivity contribution in [2.24, 2.45) is 0 Å². The van der Waals surface area contributed by atoms with Gasteiger partial charge in [0.05, 0.1) is 18.5 Å². The van der Waals surface area contributed by atoms with E-state index in [1.165, 1.54) is 48.7 Å². The van der Waals surface area contributed by atoms with Crippen LogP contribution in [0.15, 0.2) is 36.5 Å². The third kappa shape index (κ3) is 3.45. The molecule has 0 saturated heterocycles. The molecule has 150 valence electrons. The van der Waals surface area contributed by atoms with Gasteiger partial charge in [-0.3, -0.25) is 4.98 Å². The molecule has 0 saturated carbocycles. The highest BCUT2D eigenvalue weighted by Gasteiger charge is 2.24. The van der Waals surface area contributed by atoms with Gasteiger partial charge in [-0.15, -0.1) is 11.3 Å². The summed E-state index contributed by atoms with van der Waals surface area (Å²) in [5, 5.41) is 4.08. The summed E-state index contributed by atoms with van der Waals surface area (Å²) in [6.07, 6.45) is 1.99. The zero-order valence-corrected chi connectivity index (χ0v) is 20.7. The molecule has 0 aliphatic rings. The van der Waals surface area contributed by atoms with Gasteiger partial charge in [0.15, 0.2) is 0 Å². The van der Waals surface area contributed by atoms with E-state index in [0.717, 1.165) is 5.69 Å². The van der Waals surface area contributed by atoms with Gasteiger partial charge < -0.3 is 0 Å². The molecule has 2 heterocycles. The maximum atomic E-state index is 4.89. The largest absolute Gasteiger partial charge is 0.255 e. The van der Waals surface area contributed by atoms with Crippen molar-refractivity contribution in [2.45, 2.75) is 60.2 Å². The predicted molar refractivity (Wildman–Crippen MR) is 134 cm³/mol. The van der Waals surface area contributed by atoms with Crippen molar-refractivity contribution in [3.05, 3.63) is 58.8 Å². The number of rotatable bonds is 3. The average molecular weight is 418 g/mol. The van der Waals surface area contributed by atoms with Crippen LogP contribution in [-0.4, -0.2) is 13.1 Å². The van der Waals surface area contributed by atoms with Crippen LogP contribution in [-0.2, 0) is 0 Å². The van der Waals surface area contributed by atoms with E-state index < -0.39 is 8.07 Å². The molecular weight excluding hydrogens is 386 g/mol. The van der Waals surface area contributed by atoms with Gasteiger partial charge in [-0.25, -0.2) is 0 Å². The first-order chi connectivity index (χ1) is 13.6. The number of fused-ring (bicyclic) bond motifs is 2. The third-order valence-corrected chi connectivity index (χ3v) is 11.0. The minimum absolute atomic E-state index is 0.473. The molecule has 2 aromatic carbocycles.